The molecule has 27 heavy (non-hydrogen) atoms. The van der Waals surface area contributed by atoms with Gasteiger partial charge in [0.15, 0.2) is 0 Å². The fourth-order valence-corrected chi connectivity index (χ4v) is 3.10. The van der Waals surface area contributed by atoms with E-state index in [1.807, 2.05) is 26.0 Å². The fourth-order valence-electron chi connectivity index (χ4n) is 2.73. The van der Waals surface area contributed by atoms with Crippen LogP contribution in [-0.4, -0.2) is 10.9 Å². The number of hydrogen-bond acceptors (Lipinski definition) is 4. The summed E-state index contributed by atoms with van der Waals surface area (Å²) in [6.07, 6.45) is 1.54. The van der Waals surface area contributed by atoms with E-state index >= 15 is 0 Å². The number of para-hydroxylation sites is 1. The molecule has 3 rings (SSSR count). The molecule has 0 aliphatic carbocycles. The van der Waals surface area contributed by atoms with E-state index in [9.17, 15) is 10.1 Å². The molecule has 1 aromatic heterocycles. The smallest absolute Gasteiger partial charge is 0.274 e. The number of carbonyl (C=O) groups is 1. The van der Waals surface area contributed by atoms with Crippen LogP contribution >= 0.6 is 11.6 Å². The lowest BCUT2D eigenvalue weighted by Crippen LogP contribution is -2.15. The van der Waals surface area contributed by atoms with Gasteiger partial charge in [-0.1, -0.05) is 29.8 Å². The van der Waals surface area contributed by atoms with Crippen molar-refractivity contribution in [3.8, 4) is 6.07 Å². The van der Waals surface area contributed by atoms with Gasteiger partial charge in [-0.15, -0.1) is 0 Å². The summed E-state index contributed by atoms with van der Waals surface area (Å²) in [5.74, 6) is -0.360. The minimum absolute atomic E-state index is 0.241. The molecule has 0 aliphatic rings. The summed E-state index contributed by atoms with van der Waals surface area (Å²) in [6.45, 7) is 3.83. The Balaban J connectivity index is 1.83. The Kier molecular flexibility index (Phi) is 5.39. The first kappa shape index (κ1) is 18.4. The lowest BCUT2D eigenvalue weighted by molar-refractivity contribution is 0.102. The molecule has 2 N–H and O–H groups in total. The van der Waals surface area contributed by atoms with E-state index in [4.69, 9.17) is 11.6 Å². The van der Waals surface area contributed by atoms with Gasteiger partial charge in [0.1, 0.15) is 11.8 Å². The molecule has 0 saturated carbocycles. The van der Waals surface area contributed by atoms with Crippen LogP contribution in [0.2, 0.25) is 5.02 Å². The maximum Gasteiger partial charge on any atom is 0.274 e. The number of aromatic nitrogens is 1. The summed E-state index contributed by atoms with van der Waals surface area (Å²) in [6, 6.07) is 16.4. The summed E-state index contributed by atoms with van der Waals surface area (Å²) in [5, 5.41) is 15.6. The van der Waals surface area contributed by atoms with Crippen molar-refractivity contribution in [2.45, 2.75) is 13.8 Å². The molecule has 0 atom stereocenters. The quantitative estimate of drug-likeness (QED) is 0.654. The van der Waals surface area contributed by atoms with Crippen molar-refractivity contribution in [2.24, 2.45) is 0 Å². The van der Waals surface area contributed by atoms with Gasteiger partial charge in [-0.3, -0.25) is 9.78 Å². The maximum absolute atomic E-state index is 12.6. The van der Waals surface area contributed by atoms with Crippen LogP contribution in [0.25, 0.3) is 0 Å². The van der Waals surface area contributed by atoms with Crippen LogP contribution in [0.3, 0.4) is 0 Å². The molecule has 0 spiro atoms. The van der Waals surface area contributed by atoms with Gasteiger partial charge >= 0.3 is 0 Å². The van der Waals surface area contributed by atoms with Crippen LogP contribution in [0.5, 0.6) is 0 Å². The van der Waals surface area contributed by atoms with Crippen LogP contribution in [-0.2, 0) is 0 Å². The topological polar surface area (TPSA) is 77.8 Å². The Labute approximate surface area is 162 Å². The van der Waals surface area contributed by atoms with E-state index in [0.717, 1.165) is 11.1 Å². The van der Waals surface area contributed by atoms with Crippen molar-refractivity contribution >= 4 is 34.6 Å². The highest BCUT2D eigenvalue weighted by atomic mass is 35.5. The van der Waals surface area contributed by atoms with Gasteiger partial charge < -0.3 is 10.6 Å². The molecule has 0 saturated heterocycles. The number of nitrogens with one attached hydrogen (secondary N) is 2. The number of amides is 1. The van der Waals surface area contributed by atoms with Crippen molar-refractivity contribution in [3.63, 3.8) is 0 Å². The normalized spacial score (nSPS) is 10.1. The zero-order chi connectivity index (χ0) is 19.4. The predicted octanol–water partition coefficient (Wildman–Crippen LogP) is 5.22. The van der Waals surface area contributed by atoms with E-state index < -0.39 is 0 Å². The third-order valence-electron chi connectivity index (χ3n) is 3.99. The molecule has 0 radical (unpaired) electrons. The number of halogens is 1. The second-order valence-electron chi connectivity index (χ2n) is 6.10. The summed E-state index contributed by atoms with van der Waals surface area (Å²) < 4.78 is 0. The summed E-state index contributed by atoms with van der Waals surface area (Å²) in [4.78, 5) is 16.8. The van der Waals surface area contributed by atoms with E-state index in [-0.39, 0.29) is 11.6 Å². The highest BCUT2D eigenvalue weighted by Gasteiger charge is 2.13. The third kappa shape index (κ3) is 4.25. The lowest BCUT2D eigenvalue weighted by atomic mass is 10.1. The Morgan fingerprint density at radius 2 is 1.93 bits per heavy atom. The second-order valence-corrected chi connectivity index (χ2v) is 6.51. The van der Waals surface area contributed by atoms with Crippen LogP contribution in [0.1, 0.15) is 27.2 Å². The number of hydrogen-bond donors (Lipinski definition) is 2. The van der Waals surface area contributed by atoms with Gasteiger partial charge in [-0.25, -0.2) is 0 Å². The van der Waals surface area contributed by atoms with Gasteiger partial charge in [0, 0.05) is 11.9 Å². The number of benzene rings is 2. The van der Waals surface area contributed by atoms with Crippen LogP contribution in [0, 0.1) is 25.2 Å². The zero-order valence-corrected chi connectivity index (χ0v) is 15.6. The second kappa shape index (κ2) is 7.90. The van der Waals surface area contributed by atoms with Gasteiger partial charge in [-0.2, -0.15) is 5.26 Å². The number of rotatable bonds is 4. The molecule has 5 nitrogen and oxygen atoms in total. The van der Waals surface area contributed by atoms with Crippen molar-refractivity contribution in [3.05, 3.63) is 82.1 Å². The van der Waals surface area contributed by atoms with Gasteiger partial charge in [-0.05, 0) is 55.3 Å². The largest absolute Gasteiger partial charge is 0.354 e. The predicted molar refractivity (Wildman–Crippen MR) is 108 cm³/mol. The maximum atomic E-state index is 12.6. The van der Waals surface area contributed by atoms with Crippen LogP contribution in [0.15, 0.2) is 54.7 Å². The van der Waals surface area contributed by atoms with Crippen molar-refractivity contribution in [2.75, 3.05) is 10.6 Å². The van der Waals surface area contributed by atoms with Crippen molar-refractivity contribution < 1.29 is 4.79 Å². The lowest BCUT2D eigenvalue weighted by Gasteiger charge is -2.12. The standard InChI is InChI=1S/C21H17ClN4O/c1-13-9-14(2)20(17(22)10-13)26-21(27)19-11-16(7-8-24-19)25-18-6-4-3-5-15(18)12-23/h3-11H,1-2H3,(H,24,25)(H,26,27). The Morgan fingerprint density at radius 3 is 2.67 bits per heavy atom. The Hall–Kier alpha value is -3.36. The average Bonchev–Trinajstić information content (AvgIpc) is 2.65. The molecule has 0 fully saturated rings. The molecule has 1 amide bonds. The molecule has 3 aromatic rings. The molecule has 1 heterocycles. The molecule has 0 aliphatic heterocycles. The Bertz CT molecular complexity index is 1030. The first-order valence-electron chi connectivity index (χ1n) is 8.28. The minimum atomic E-state index is -0.360. The van der Waals surface area contributed by atoms with E-state index in [0.29, 0.717) is 27.6 Å². The van der Waals surface area contributed by atoms with E-state index in [1.165, 1.54) is 6.20 Å². The van der Waals surface area contributed by atoms with Crippen LogP contribution in [0.4, 0.5) is 17.1 Å². The first-order chi connectivity index (χ1) is 13.0. The average molecular weight is 377 g/mol. The monoisotopic (exact) mass is 376 g/mol. The zero-order valence-electron chi connectivity index (χ0n) is 14.9. The minimum Gasteiger partial charge on any atom is -0.354 e. The number of pyridine rings is 1. The molecule has 2 aromatic carbocycles. The molecule has 134 valence electrons. The highest BCUT2D eigenvalue weighted by Crippen LogP contribution is 2.28. The molecule has 0 unspecified atom stereocenters. The van der Waals surface area contributed by atoms with Gasteiger partial charge in [0.05, 0.1) is 22.0 Å². The van der Waals surface area contributed by atoms with Crippen molar-refractivity contribution in [1.29, 1.82) is 5.26 Å². The number of aryl methyl sites for hydroxylation is 2. The fraction of sp³-hybridized carbons (Fsp3) is 0.0952. The third-order valence-corrected chi connectivity index (χ3v) is 4.29. The molecule has 0 bridgehead atoms. The summed E-state index contributed by atoms with van der Waals surface area (Å²) >= 11 is 6.26. The SMILES string of the molecule is Cc1cc(C)c(NC(=O)c2cc(Nc3ccccc3C#N)ccn2)c(Cl)c1. The summed E-state index contributed by atoms with van der Waals surface area (Å²) in [7, 11) is 0. The van der Waals surface area contributed by atoms with Crippen LogP contribution < -0.4 is 10.6 Å². The summed E-state index contributed by atoms with van der Waals surface area (Å²) in [5.41, 5.74) is 4.55. The van der Waals surface area contributed by atoms with E-state index in [1.54, 1.807) is 36.4 Å². The van der Waals surface area contributed by atoms with Gasteiger partial charge in [0.2, 0.25) is 0 Å². The Morgan fingerprint density at radius 1 is 1.15 bits per heavy atom. The van der Waals surface area contributed by atoms with E-state index in [2.05, 4.69) is 21.7 Å². The van der Waals surface area contributed by atoms with Crippen molar-refractivity contribution in [1.82, 2.24) is 4.98 Å². The molecular weight excluding hydrogens is 360 g/mol. The number of nitrogens with zero attached hydrogens (tertiary/aromatic N) is 2. The molecular formula is C21H17ClN4O. The number of carbonyl (C=O) groups excluding carboxylic acids is 1. The highest BCUT2D eigenvalue weighted by molar-refractivity contribution is 6.34. The van der Waals surface area contributed by atoms with Gasteiger partial charge in [0.25, 0.3) is 5.91 Å². The number of anilines is 3. The number of nitriles is 1. The first-order valence-corrected chi connectivity index (χ1v) is 8.66. The molecule has 6 heteroatoms.